The Kier molecular flexibility index (Phi) is 8.17. The van der Waals surface area contributed by atoms with Crippen LogP contribution >= 0.6 is 11.6 Å². The third-order valence-electron chi connectivity index (χ3n) is 4.83. The highest BCUT2D eigenvalue weighted by Crippen LogP contribution is 2.29. The van der Waals surface area contributed by atoms with Crippen LogP contribution in [0.15, 0.2) is 71.9 Å². The molecule has 0 spiro atoms. The van der Waals surface area contributed by atoms with Crippen molar-refractivity contribution >= 4 is 23.3 Å². The number of alkyl halides is 3. The molecule has 3 rings (SSSR count). The van der Waals surface area contributed by atoms with Crippen LogP contribution in [0.1, 0.15) is 27.8 Å². The minimum absolute atomic E-state index is 0.0129. The number of aliphatic carboxylic acids is 1. The van der Waals surface area contributed by atoms with E-state index in [2.05, 4.69) is 5.16 Å². The Morgan fingerprint density at radius 1 is 1.00 bits per heavy atom. The number of benzene rings is 3. The van der Waals surface area contributed by atoms with Crippen molar-refractivity contribution in [2.24, 2.45) is 5.16 Å². The van der Waals surface area contributed by atoms with Crippen LogP contribution in [0.2, 0.25) is 5.02 Å². The van der Waals surface area contributed by atoms with Crippen molar-refractivity contribution in [2.75, 3.05) is 6.61 Å². The summed E-state index contributed by atoms with van der Waals surface area (Å²) in [7, 11) is 0. The van der Waals surface area contributed by atoms with Crippen molar-refractivity contribution in [1.82, 2.24) is 0 Å². The number of aryl methyl sites for hydroxylation is 1. The van der Waals surface area contributed by atoms with Crippen LogP contribution in [0.5, 0.6) is 5.75 Å². The number of rotatable bonds is 9. The van der Waals surface area contributed by atoms with Crippen LogP contribution < -0.4 is 4.74 Å². The van der Waals surface area contributed by atoms with Crippen LogP contribution in [-0.2, 0) is 28.8 Å². The van der Waals surface area contributed by atoms with Crippen molar-refractivity contribution < 1.29 is 32.6 Å². The van der Waals surface area contributed by atoms with E-state index in [4.69, 9.17) is 26.3 Å². The Labute approximate surface area is 199 Å². The number of carboxylic acid groups (broad SMARTS) is 1. The molecule has 0 radical (unpaired) electrons. The molecular weight excluding hydrogens is 471 g/mol. The smallest absolute Gasteiger partial charge is 0.416 e. The van der Waals surface area contributed by atoms with E-state index in [0.717, 1.165) is 23.3 Å². The van der Waals surface area contributed by atoms with Gasteiger partial charge in [0.05, 0.1) is 11.3 Å². The lowest BCUT2D eigenvalue weighted by atomic mass is 10.0. The van der Waals surface area contributed by atoms with Gasteiger partial charge in [-0.05, 0) is 66.1 Å². The van der Waals surface area contributed by atoms with Gasteiger partial charge in [-0.1, -0.05) is 41.0 Å². The normalized spacial score (nSPS) is 11.9. The lowest BCUT2D eigenvalue weighted by Crippen LogP contribution is -2.11. The minimum Gasteiger partial charge on any atom is -0.482 e. The van der Waals surface area contributed by atoms with Gasteiger partial charge in [-0.3, -0.25) is 0 Å². The molecule has 0 aliphatic carbocycles. The molecule has 0 unspecified atom stereocenters. The SMILES string of the molecule is Cc1cc(C(Cc2ccc(Cl)cc2)=NOCc2ccc(C(F)(F)F)cc2)ccc1OCC(=O)O. The summed E-state index contributed by atoms with van der Waals surface area (Å²) in [6.45, 7) is 1.31. The summed E-state index contributed by atoms with van der Waals surface area (Å²) in [5.74, 6) is -0.646. The van der Waals surface area contributed by atoms with Crippen LogP contribution in [-0.4, -0.2) is 23.4 Å². The number of ether oxygens (including phenoxy) is 1. The van der Waals surface area contributed by atoms with Crippen LogP contribution in [0, 0.1) is 6.92 Å². The van der Waals surface area contributed by atoms with Gasteiger partial charge in [0.2, 0.25) is 0 Å². The number of carboxylic acids is 1. The number of carbonyl (C=O) groups is 1. The van der Waals surface area contributed by atoms with Gasteiger partial charge in [-0.2, -0.15) is 13.2 Å². The second-order valence-electron chi connectivity index (χ2n) is 7.47. The predicted octanol–water partition coefficient (Wildman–Crippen LogP) is 6.29. The maximum atomic E-state index is 12.7. The third-order valence-corrected chi connectivity index (χ3v) is 5.08. The number of hydrogen-bond acceptors (Lipinski definition) is 4. The number of oxime groups is 1. The second kappa shape index (κ2) is 11.1. The van der Waals surface area contributed by atoms with Crippen molar-refractivity contribution in [3.8, 4) is 5.75 Å². The van der Waals surface area contributed by atoms with Gasteiger partial charge < -0.3 is 14.7 Å². The Morgan fingerprint density at radius 2 is 1.65 bits per heavy atom. The van der Waals surface area contributed by atoms with Crippen molar-refractivity contribution in [3.05, 3.63) is 99.6 Å². The van der Waals surface area contributed by atoms with Gasteiger partial charge in [0.25, 0.3) is 0 Å². The first-order valence-electron chi connectivity index (χ1n) is 10.2. The summed E-state index contributed by atoms with van der Waals surface area (Å²) in [5.41, 5.74) is 2.74. The summed E-state index contributed by atoms with van der Waals surface area (Å²) in [6, 6.07) is 17.1. The van der Waals surface area contributed by atoms with Crippen molar-refractivity contribution in [3.63, 3.8) is 0 Å². The van der Waals surface area contributed by atoms with Gasteiger partial charge in [-0.15, -0.1) is 0 Å². The second-order valence-corrected chi connectivity index (χ2v) is 7.91. The van der Waals surface area contributed by atoms with Crippen LogP contribution in [0.25, 0.3) is 0 Å². The summed E-state index contributed by atoms with van der Waals surface area (Å²) >= 11 is 5.97. The summed E-state index contributed by atoms with van der Waals surface area (Å²) in [4.78, 5) is 16.2. The monoisotopic (exact) mass is 491 g/mol. The van der Waals surface area contributed by atoms with Crippen molar-refractivity contribution in [2.45, 2.75) is 26.1 Å². The van der Waals surface area contributed by atoms with Crippen LogP contribution in [0.4, 0.5) is 13.2 Å². The highest BCUT2D eigenvalue weighted by Gasteiger charge is 2.29. The molecule has 0 saturated heterocycles. The van der Waals surface area contributed by atoms with Gasteiger partial charge in [0, 0.05) is 17.0 Å². The maximum Gasteiger partial charge on any atom is 0.416 e. The largest absolute Gasteiger partial charge is 0.482 e. The molecule has 5 nitrogen and oxygen atoms in total. The summed E-state index contributed by atoms with van der Waals surface area (Å²) < 4.78 is 43.5. The molecule has 0 bridgehead atoms. The molecule has 9 heteroatoms. The van der Waals surface area contributed by atoms with Gasteiger partial charge >= 0.3 is 12.1 Å². The summed E-state index contributed by atoms with van der Waals surface area (Å²) in [5, 5.41) is 13.7. The van der Waals surface area contributed by atoms with E-state index in [1.54, 1.807) is 37.3 Å². The molecule has 3 aromatic rings. The molecule has 0 aromatic heterocycles. The third kappa shape index (κ3) is 7.25. The summed E-state index contributed by atoms with van der Waals surface area (Å²) in [6.07, 6.45) is -4.00. The standard InChI is InChI=1S/C25H21ClF3NO4/c1-16-12-19(6-11-23(16)33-15-24(31)32)22(13-17-4-9-21(26)10-5-17)30-34-14-18-2-7-20(8-3-18)25(27,28)29/h2-12H,13-15H2,1H3,(H,31,32). The zero-order chi connectivity index (χ0) is 24.7. The minimum atomic E-state index is -4.40. The highest BCUT2D eigenvalue weighted by atomic mass is 35.5. The first kappa shape index (κ1) is 25.1. The van der Waals surface area contributed by atoms with Gasteiger partial charge in [-0.25, -0.2) is 4.79 Å². The number of hydrogen-bond donors (Lipinski definition) is 1. The fraction of sp³-hybridized carbons (Fsp3) is 0.200. The lowest BCUT2D eigenvalue weighted by Gasteiger charge is -2.12. The Balaban J connectivity index is 1.80. The Bertz CT molecular complexity index is 1160. The van der Waals surface area contributed by atoms with Crippen molar-refractivity contribution in [1.29, 1.82) is 0 Å². The molecule has 0 amide bonds. The molecule has 34 heavy (non-hydrogen) atoms. The van der Waals surface area contributed by atoms with E-state index in [0.29, 0.717) is 34.0 Å². The van der Waals surface area contributed by atoms with E-state index in [-0.39, 0.29) is 6.61 Å². The number of halogens is 4. The Hall–Kier alpha value is -3.52. The zero-order valence-electron chi connectivity index (χ0n) is 18.1. The predicted molar refractivity (Wildman–Crippen MR) is 122 cm³/mol. The topological polar surface area (TPSA) is 68.1 Å². The highest BCUT2D eigenvalue weighted by molar-refractivity contribution is 6.30. The molecule has 0 atom stereocenters. The fourth-order valence-corrected chi connectivity index (χ4v) is 3.21. The molecule has 178 valence electrons. The molecule has 0 aliphatic rings. The van der Waals surface area contributed by atoms with E-state index in [9.17, 15) is 18.0 Å². The fourth-order valence-electron chi connectivity index (χ4n) is 3.09. The average Bonchev–Trinajstić information content (AvgIpc) is 2.78. The first-order chi connectivity index (χ1) is 16.1. The maximum absolute atomic E-state index is 12.7. The van der Waals surface area contributed by atoms with E-state index in [1.807, 2.05) is 12.1 Å². The zero-order valence-corrected chi connectivity index (χ0v) is 18.9. The number of nitrogens with zero attached hydrogens (tertiary/aromatic N) is 1. The molecular formula is C25H21ClF3NO4. The van der Waals surface area contributed by atoms with Crippen LogP contribution in [0.3, 0.4) is 0 Å². The van der Waals surface area contributed by atoms with Gasteiger partial charge in [0.1, 0.15) is 12.4 Å². The van der Waals surface area contributed by atoms with E-state index < -0.39 is 24.3 Å². The Morgan fingerprint density at radius 3 is 2.24 bits per heavy atom. The van der Waals surface area contributed by atoms with E-state index in [1.165, 1.54) is 12.1 Å². The molecule has 1 N–H and O–H groups in total. The first-order valence-corrected chi connectivity index (χ1v) is 10.5. The molecule has 0 saturated carbocycles. The quantitative estimate of drug-likeness (QED) is 0.282. The lowest BCUT2D eigenvalue weighted by molar-refractivity contribution is -0.139. The molecule has 0 fully saturated rings. The van der Waals surface area contributed by atoms with E-state index >= 15 is 0 Å². The molecule has 0 heterocycles. The average molecular weight is 492 g/mol. The van der Waals surface area contributed by atoms with Gasteiger partial charge in [0.15, 0.2) is 6.61 Å². The molecule has 3 aromatic carbocycles. The molecule has 0 aliphatic heterocycles.